The summed E-state index contributed by atoms with van der Waals surface area (Å²) in [6.45, 7) is 1.99. The molecule has 1 amide bonds. The number of hydrogen-bond acceptors (Lipinski definition) is 7. The number of nitrogens with zero attached hydrogens (tertiary/aromatic N) is 3. The van der Waals surface area contributed by atoms with Gasteiger partial charge < -0.3 is 14.5 Å². The SMILES string of the molecule is Cc1cccc(OCc2nn(CC(=O)Nc3sc4c(c3C#N)CCCC4)c(=S)o2)c1. The highest BCUT2D eigenvalue weighted by molar-refractivity contribution is 7.71. The molecular formula is C21H20N4O3S2. The Hall–Kier alpha value is -2.96. The molecule has 0 aliphatic heterocycles. The fourth-order valence-electron chi connectivity index (χ4n) is 3.43. The van der Waals surface area contributed by atoms with Crippen molar-refractivity contribution < 1.29 is 13.9 Å². The number of nitriles is 1. The van der Waals surface area contributed by atoms with Crippen molar-refractivity contribution in [3.05, 3.63) is 56.6 Å². The van der Waals surface area contributed by atoms with Crippen LogP contribution in [0, 0.1) is 23.1 Å². The molecule has 4 rings (SSSR count). The summed E-state index contributed by atoms with van der Waals surface area (Å²) in [4.78, 5) is 13.8. The Bertz CT molecular complexity index is 1190. The Morgan fingerprint density at radius 3 is 3.07 bits per heavy atom. The van der Waals surface area contributed by atoms with Gasteiger partial charge in [-0.1, -0.05) is 12.1 Å². The second kappa shape index (κ2) is 8.81. The molecule has 1 aliphatic rings. The Balaban J connectivity index is 1.41. The van der Waals surface area contributed by atoms with Crippen LogP contribution in [0.25, 0.3) is 0 Å². The van der Waals surface area contributed by atoms with Gasteiger partial charge in [-0.3, -0.25) is 4.79 Å². The highest BCUT2D eigenvalue weighted by Crippen LogP contribution is 2.37. The van der Waals surface area contributed by atoms with E-state index in [9.17, 15) is 10.1 Å². The van der Waals surface area contributed by atoms with Crippen LogP contribution < -0.4 is 10.1 Å². The topological polar surface area (TPSA) is 93.1 Å². The summed E-state index contributed by atoms with van der Waals surface area (Å²) in [7, 11) is 0. The number of thiophene rings is 1. The van der Waals surface area contributed by atoms with Crippen molar-refractivity contribution in [3.63, 3.8) is 0 Å². The van der Waals surface area contributed by atoms with E-state index in [0.29, 0.717) is 22.2 Å². The highest BCUT2D eigenvalue weighted by atomic mass is 32.1. The molecule has 0 atom stereocenters. The molecule has 2 aromatic heterocycles. The number of anilines is 1. The van der Waals surface area contributed by atoms with Gasteiger partial charge in [0.25, 0.3) is 10.7 Å². The standard InChI is InChI=1S/C21H20N4O3S2/c1-13-5-4-6-14(9-13)27-12-19-24-25(21(29)28-19)11-18(26)23-20-16(10-22)15-7-2-3-8-17(15)30-20/h4-6,9H,2-3,7-8,11-12H2,1H3,(H,23,26). The van der Waals surface area contributed by atoms with Gasteiger partial charge >= 0.3 is 0 Å². The number of amides is 1. The van der Waals surface area contributed by atoms with Crippen LogP contribution >= 0.6 is 23.6 Å². The number of aryl methyl sites for hydroxylation is 2. The van der Waals surface area contributed by atoms with Gasteiger partial charge in [0, 0.05) is 4.88 Å². The van der Waals surface area contributed by atoms with Crippen molar-refractivity contribution in [2.75, 3.05) is 5.32 Å². The van der Waals surface area contributed by atoms with Gasteiger partial charge in [0.1, 0.15) is 23.4 Å². The van der Waals surface area contributed by atoms with E-state index in [0.717, 1.165) is 36.8 Å². The molecule has 9 heteroatoms. The number of rotatable bonds is 6. The molecule has 0 unspecified atom stereocenters. The average molecular weight is 441 g/mol. The van der Waals surface area contributed by atoms with Crippen LogP contribution in [-0.4, -0.2) is 15.7 Å². The number of hydrogen-bond donors (Lipinski definition) is 1. The molecule has 0 fully saturated rings. The molecule has 0 spiro atoms. The molecule has 7 nitrogen and oxygen atoms in total. The van der Waals surface area contributed by atoms with Crippen molar-refractivity contribution >= 4 is 34.5 Å². The molecule has 0 bridgehead atoms. The Morgan fingerprint density at radius 2 is 2.27 bits per heavy atom. The molecule has 0 radical (unpaired) electrons. The summed E-state index contributed by atoms with van der Waals surface area (Å²) in [5.41, 5.74) is 2.75. The zero-order valence-electron chi connectivity index (χ0n) is 16.4. The van der Waals surface area contributed by atoms with Crippen LogP contribution in [0.3, 0.4) is 0 Å². The van der Waals surface area contributed by atoms with Crippen LogP contribution in [0.15, 0.2) is 28.7 Å². The van der Waals surface area contributed by atoms with Crippen LogP contribution in [0.1, 0.15) is 40.3 Å². The van der Waals surface area contributed by atoms with Gasteiger partial charge in [0.2, 0.25) is 5.91 Å². The first-order valence-corrected chi connectivity index (χ1v) is 10.9. The lowest BCUT2D eigenvalue weighted by Gasteiger charge is -2.09. The number of aromatic nitrogens is 2. The molecule has 1 aromatic carbocycles. The second-order valence-electron chi connectivity index (χ2n) is 7.10. The van der Waals surface area contributed by atoms with Gasteiger partial charge in [-0.15, -0.1) is 16.4 Å². The minimum Gasteiger partial charge on any atom is -0.484 e. The van der Waals surface area contributed by atoms with Crippen molar-refractivity contribution in [3.8, 4) is 11.8 Å². The first kappa shape index (κ1) is 20.3. The predicted octanol–water partition coefficient (Wildman–Crippen LogP) is 4.54. The minimum absolute atomic E-state index is 0.0963. The van der Waals surface area contributed by atoms with Crippen LogP contribution in [0.5, 0.6) is 5.75 Å². The quantitative estimate of drug-likeness (QED) is 0.566. The fourth-order valence-corrected chi connectivity index (χ4v) is 4.89. The van der Waals surface area contributed by atoms with Crippen LogP contribution in [0.2, 0.25) is 0 Å². The van der Waals surface area contributed by atoms with Crippen LogP contribution in [-0.2, 0) is 30.8 Å². The summed E-state index contributed by atoms with van der Waals surface area (Å²) in [5.74, 6) is 0.688. The Labute approximate surface area is 182 Å². The third-order valence-corrected chi connectivity index (χ3v) is 6.33. The lowest BCUT2D eigenvalue weighted by atomic mass is 9.96. The first-order valence-electron chi connectivity index (χ1n) is 9.64. The van der Waals surface area contributed by atoms with E-state index in [1.807, 2.05) is 31.2 Å². The summed E-state index contributed by atoms with van der Waals surface area (Å²) in [6, 6.07) is 9.88. The number of carbonyl (C=O) groups is 1. The monoisotopic (exact) mass is 440 g/mol. The number of nitrogens with one attached hydrogen (secondary N) is 1. The molecular weight excluding hydrogens is 420 g/mol. The highest BCUT2D eigenvalue weighted by Gasteiger charge is 2.22. The van der Waals surface area contributed by atoms with Gasteiger partial charge in [-0.2, -0.15) is 5.26 Å². The van der Waals surface area contributed by atoms with Crippen molar-refractivity contribution in [2.24, 2.45) is 0 Å². The molecule has 154 valence electrons. The zero-order chi connectivity index (χ0) is 21.1. The Kier molecular flexibility index (Phi) is 5.97. The second-order valence-corrected chi connectivity index (χ2v) is 8.55. The first-order chi connectivity index (χ1) is 14.5. The lowest BCUT2D eigenvalue weighted by molar-refractivity contribution is -0.116. The molecule has 0 saturated heterocycles. The van der Waals surface area contributed by atoms with Crippen molar-refractivity contribution in [1.29, 1.82) is 5.26 Å². The number of fused-ring (bicyclic) bond motifs is 1. The predicted molar refractivity (Wildman–Crippen MR) is 115 cm³/mol. The molecule has 0 saturated carbocycles. The van der Waals surface area contributed by atoms with E-state index in [1.54, 1.807) is 0 Å². The maximum atomic E-state index is 12.5. The normalized spacial score (nSPS) is 12.8. The van der Waals surface area contributed by atoms with E-state index < -0.39 is 0 Å². The molecule has 30 heavy (non-hydrogen) atoms. The summed E-state index contributed by atoms with van der Waals surface area (Å²) in [6.07, 6.45) is 4.05. The minimum atomic E-state index is -0.305. The van der Waals surface area contributed by atoms with E-state index in [1.165, 1.54) is 20.9 Å². The zero-order valence-corrected chi connectivity index (χ0v) is 18.1. The Morgan fingerprint density at radius 1 is 1.43 bits per heavy atom. The maximum absolute atomic E-state index is 12.5. The number of benzene rings is 1. The third-order valence-electron chi connectivity index (χ3n) is 4.83. The molecule has 1 N–H and O–H groups in total. The number of carbonyl (C=O) groups excluding carboxylic acids is 1. The summed E-state index contributed by atoms with van der Waals surface area (Å²) < 4.78 is 12.4. The maximum Gasteiger partial charge on any atom is 0.287 e. The number of ether oxygens (including phenoxy) is 1. The smallest absolute Gasteiger partial charge is 0.287 e. The van der Waals surface area contributed by atoms with Gasteiger partial charge in [-0.05, 0) is 68.1 Å². The summed E-state index contributed by atoms with van der Waals surface area (Å²) in [5, 5.41) is 17.2. The average Bonchev–Trinajstić information content (AvgIpc) is 3.25. The van der Waals surface area contributed by atoms with Gasteiger partial charge in [0.05, 0.1) is 5.56 Å². The molecule has 2 heterocycles. The molecule has 1 aliphatic carbocycles. The third kappa shape index (κ3) is 4.45. The largest absolute Gasteiger partial charge is 0.484 e. The summed E-state index contributed by atoms with van der Waals surface area (Å²) >= 11 is 6.66. The van der Waals surface area contributed by atoms with E-state index >= 15 is 0 Å². The van der Waals surface area contributed by atoms with E-state index in [2.05, 4.69) is 16.5 Å². The van der Waals surface area contributed by atoms with Gasteiger partial charge in [-0.25, -0.2) is 4.68 Å². The lowest BCUT2D eigenvalue weighted by Crippen LogP contribution is -2.19. The van der Waals surface area contributed by atoms with E-state index in [4.69, 9.17) is 21.4 Å². The van der Waals surface area contributed by atoms with E-state index in [-0.39, 0.29) is 23.9 Å². The van der Waals surface area contributed by atoms with Crippen LogP contribution in [0.4, 0.5) is 5.00 Å². The van der Waals surface area contributed by atoms with Crippen molar-refractivity contribution in [2.45, 2.75) is 45.8 Å². The molecule has 3 aromatic rings. The van der Waals surface area contributed by atoms with Crippen molar-refractivity contribution in [1.82, 2.24) is 9.78 Å². The fraction of sp³-hybridized carbons (Fsp3) is 0.333. The van der Waals surface area contributed by atoms with Gasteiger partial charge in [0.15, 0.2) is 6.61 Å².